The monoisotopic (exact) mass is 415 g/mol. The molecular formula is C18H41NO7S. The second kappa shape index (κ2) is 19.0. The van der Waals surface area contributed by atoms with Crippen LogP contribution >= 0.6 is 0 Å². The number of unbranched alkanes of at least 4 members (excludes halogenated alkanes) is 11. The van der Waals surface area contributed by atoms with Crippen molar-refractivity contribution in [1.29, 1.82) is 0 Å². The van der Waals surface area contributed by atoms with E-state index in [1.165, 1.54) is 64.2 Å². The van der Waals surface area contributed by atoms with Gasteiger partial charge < -0.3 is 21.1 Å². The van der Waals surface area contributed by atoms with Gasteiger partial charge in [0.25, 0.3) is 0 Å². The Bertz CT molecular complexity index is 399. The lowest BCUT2D eigenvalue weighted by molar-refractivity contribution is -0.0121. The fraction of sp³-hybridized carbons (Fsp3) is 1.00. The van der Waals surface area contributed by atoms with Crippen molar-refractivity contribution in [2.24, 2.45) is 5.73 Å². The van der Waals surface area contributed by atoms with E-state index in [1.807, 2.05) is 0 Å². The molecule has 166 valence electrons. The molecule has 0 saturated heterocycles. The Hall–Kier alpha value is -0.290. The second-order valence-electron chi connectivity index (χ2n) is 7.03. The minimum atomic E-state index is -4.67. The summed E-state index contributed by atoms with van der Waals surface area (Å²) in [4.78, 5) is 0. The van der Waals surface area contributed by atoms with Crippen molar-refractivity contribution in [3.63, 3.8) is 0 Å². The lowest BCUT2D eigenvalue weighted by atomic mass is 10.00. The molecule has 0 amide bonds. The molecule has 0 saturated carbocycles. The van der Waals surface area contributed by atoms with Crippen LogP contribution in [0.15, 0.2) is 0 Å². The van der Waals surface area contributed by atoms with Crippen molar-refractivity contribution in [3.8, 4) is 0 Å². The standard InChI is InChI=1S/C18H39NO3.H2O4S/c1-2-3-4-5-6-7-8-9-10-11-12-13-14-17(21)18(22)16(19)15-20;1-5(2,3)4/h16-18,20-22H,2-15,19H2,1H3;(H2,1,2,3,4). The van der Waals surface area contributed by atoms with E-state index in [-0.39, 0.29) is 6.61 Å². The van der Waals surface area contributed by atoms with E-state index in [4.69, 9.17) is 28.4 Å². The zero-order valence-electron chi connectivity index (χ0n) is 16.7. The molecule has 0 aliphatic heterocycles. The van der Waals surface area contributed by atoms with Crippen LogP contribution in [0.2, 0.25) is 0 Å². The van der Waals surface area contributed by atoms with Crippen molar-refractivity contribution < 1.29 is 32.8 Å². The van der Waals surface area contributed by atoms with Gasteiger partial charge in [-0.25, -0.2) is 0 Å². The van der Waals surface area contributed by atoms with Gasteiger partial charge in [0.1, 0.15) is 0 Å². The van der Waals surface area contributed by atoms with Crippen molar-refractivity contribution in [2.45, 2.75) is 109 Å². The van der Waals surface area contributed by atoms with Gasteiger partial charge >= 0.3 is 10.4 Å². The first-order chi connectivity index (χ1) is 12.6. The van der Waals surface area contributed by atoms with Crippen molar-refractivity contribution >= 4 is 10.4 Å². The summed E-state index contributed by atoms with van der Waals surface area (Å²) in [5, 5.41) is 28.2. The fourth-order valence-electron chi connectivity index (χ4n) is 2.76. The van der Waals surface area contributed by atoms with Gasteiger partial charge in [-0.15, -0.1) is 0 Å². The largest absolute Gasteiger partial charge is 0.395 e. The number of aliphatic hydroxyl groups is 3. The van der Waals surface area contributed by atoms with E-state index >= 15 is 0 Å². The summed E-state index contributed by atoms with van der Waals surface area (Å²) in [5.41, 5.74) is 5.49. The average molecular weight is 416 g/mol. The topological polar surface area (TPSA) is 161 Å². The lowest BCUT2D eigenvalue weighted by Gasteiger charge is -2.22. The molecule has 0 fully saturated rings. The zero-order valence-corrected chi connectivity index (χ0v) is 17.5. The van der Waals surface area contributed by atoms with Crippen molar-refractivity contribution in [3.05, 3.63) is 0 Å². The molecule has 0 spiro atoms. The third-order valence-electron chi connectivity index (χ3n) is 4.40. The molecule has 0 radical (unpaired) electrons. The second-order valence-corrected chi connectivity index (χ2v) is 7.93. The highest BCUT2D eigenvalue weighted by Gasteiger charge is 2.22. The third kappa shape index (κ3) is 25.7. The molecule has 8 nitrogen and oxygen atoms in total. The molecule has 3 atom stereocenters. The van der Waals surface area contributed by atoms with E-state index in [0.717, 1.165) is 12.8 Å². The molecule has 3 unspecified atom stereocenters. The molecule has 0 bridgehead atoms. The molecule has 0 heterocycles. The van der Waals surface area contributed by atoms with Crippen LogP contribution in [0.4, 0.5) is 0 Å². The van der Waals surface area contributed by atoms with E-state index < -0.39 is 28.6 Å². The van der Waals surface area contributed by atoms with Gasteiger partial charge in [0.15, 0.2) is 0 Å². The minimum Gasteiger partial charge on any atom is -0.395 e. The van der Waals surface area contributed by atoms with E-state index in [0.29, 0.717) is 6.42 Å². The zero-order chi connectivity index (χ0) is 21.1. The van der Waals surface area contributed by atoms with Gasteiger partial charge in [-0.1, -0.05) is 84.0 Å². The maximum atomic E-state index is 9.74. The molecule has 0 aliphatic rings. The normalized spacial score (nSPS) is 14.9. The summed E-state index contributed by atoms with van der Waals surface area (Å²) in [5.74, 6) is 0. The molecule has 0 aromatic heterocycles. The summed E-state index contributed by atoms with van der Waals surface area (Å²) >= 11 is 0. The molecular weight excluding hydrogens is 374 g/mol. The fourth-order valence-corrected chi connectivity index (χ4v) is 2.76. The summed E-state index contributed by atoms with van der Waals surface area (Å²) in [6, 6.07) is -0.743. The van der Waals surface area contributed by atoms with E-state index in [2.05, 4.69) is 6.92 Å². The minimum absolute atomic E-state index is 0.295. The van der Waals surface area contributed by atoms with Gasteiger partial charge in [0.2, 0.25) is 0 Å². The summed E-state index contributed by atoms with van der Waals surface area (Å²) < 4.78 is 31.6. The van der Waals surface area contributed by atoms with Gasteiger partial charge in [0.05, 0.1) is 24.9 Å². The maximum absolute atomic E-state index is 9.74. The quantitative estimate of drug-likeness (QED) is 0.165. The smallest absolute Gasteiger partial charge is 0.394 e. The Kier molecular flexibility index (Phi) is 20.4. The first-order valence-corrected chi connectivity index (χ1v) is 11.5. The first kappa shape index (κ1) is 28.9. The Balaban J connectivity index is 0. The molecule has 0 aromatic carbocycles. The molecule has 27 heavy (non-hydrogen) atoms. The van der Waals surface area contributed by atoms with E-state index in [1.54, 1.807) is 0 Å². The lowest BCUT2D eigenvalue weighted by Crippen LogP contribution is -2.45. The van der Waals surface area contributed by atoms with Crippen molar-refractivity contribution in [2.75, 3.05) is 6.61 Å². The van der Waals surface area contributed by atoms with E-state index in [9.17, 15) is 10.2 Å². The molecule has 0 aliphatic carbocycles. The van der Waals surface area contributed by atoms with Crippen LogP contribution in [0.5, 0.6) is 0 Å². The average Bonchev–Trinajstić information content (AvgIpc) is 2.59. The number of aliphatic hydroxyl groups excluding tert-OH is 3. The van der Waals surface area contributed by atoms with Crippen LogP contribution in [0, 0.1) is 0 Å². The summed E-state index contributed by atoms with van der Waals surface area (Å²) in [7, 11) is -4.67. The molecule has 0 aromatic rings. The number of rotatable bonds is 16. The summed E-state index contributed by atoms with van der Waals surface area (Å²) in [6.07, 6.45) is 14.1. The van der Waals surface area contributed by atoms with Crippen LogP contribution in [-0.4, -0.2) is 57.7 Å². The van der Waals surface area contributed by atoms with Crippen LogP contribution in [0.1, 0.15) is 90.4 Å². The number of nitrogens with two attached hydrogens (primary N) is 1. The Labute approximate surface area is 164 Å². The Morgan fingerprint density at radius 3 is 1.44 bits per heavy atom. The maximum Gasteiger partial charge on any atom is 0.394 e. The van der Waals surface area contributed by atoms with Gasteiger partial charge in [-0.05, 0) is 6.42 Å². The van der Waals surface area contributed by atoms with Gasteiger partial charge in [-0.2, -0.15) is 8.42 Å². The SMILES string of the molecule is CCCCCCCCCCCCCCC(O)C(O)C(N)CO.O=S(=O)(O)O. The van der Waals surface area contributed by atoms with Crippen molar-refractivity contribution in [1.82, 2.24) is 0 Å². The third-order valence-corrected chi connectivity index (χ3v) is 4.40. The highest BCUT2D eigenvalue weighted by Crippen LogP contribution is 2.14. The van der Waals surface area contributed by atoms with Crippen LogP contribution in [-0.2, 0) is 10.4 Å². The number of hydrogen-bond donors (Lipinski definition) is 6. The van der Waals surface area contributed by atoms with Crippen LogP contribution in [0.3, 0.4) is 0 Å². The highest BCUT2D eigenvalue weighted by atomic mass is 32.3. The number of hydrogen-bond acceptors (Lipinski definition) is 6. The molecule has 7 N–H and O–H groups in total. The highest BCUT2D eigenvalue weighted by molar-refractivity contribution is 7.79. The Morgan fingerprint density at radius 1 is 0.778 bits per heavy atom. The summed E-state index contributed by atoms with van der Waals surface area (Å²) in [6.45, 7) is 1.96. The molecule has 0 rings (SSSR count). The predicted molar refractivity (Wildman–Crippen MR) is 107 cm³/mol. The molecule has 9 heteroatoms. The van der Waals surface area contributed by atoms with Crippen LogP contribution < -0.4 is 5.73 Å². The van der Waals surface area contributed by atoms with Crippen LogP contribution in [0.25, 0.3) is 0 Å². The first-order valence-electron chi connectivity index (χ1n) is 10.1. The van der Waals surface area contributed by atoms with Gasteiger partial charge in [0, 0.05) is 0 Å². The Morgan fingerprint density at radius 2 is 1.11 bits per heavy atom. The predicted octanol–water partition coefficient (Wildman–Crippen LogP) is 2.47. The van der Waals surface area contributed by atoms with Gasteiger partial charge in [-0.3, -0.25) is 9.11 Å².